The monoisotopic (exact) mass is 1080 g/mol. The van der Waals surface area contributed by atoms with E-state index < -0.39 is 0 Å². The van der Waals surface area contributed by atoms with Crippen LogP contribution >= 0.6 is 0 Å². The second kappa shape index (κ2) is 18.1. The van der Waals surface area contributed by atoms with Crippen LogP contribution in [-0.4, -0.2) is 19.6 Å². The average molecular weight is 1080 g/mol. The van der Waals surface area contributed by atoms with E-state index in [1.54, 1.807) is 0 Å². The van der Waals surface area contributed by atoms with Gasteiger partial charge < -0.3 is 5.11 Å². The zero-order chi connectivity index (χ0) is 48.6. The summed E-state index contributed by atoms with van der Waals surface area (Å²) >= 11 is 0. The number of rotatable bonds is 6. The predicted molar refractivity (Wildman–Crippen MR) is 285 cm³/mol. The Bertz CT molecular complexity index is 3140. The van der Waals surface area contributed by atoms with E-state index >= 15 is 0 Å². The van der Waals surface area contributed by atoms with Crippen LogP contribution in [0, 0.1) is 13.0 Å². The van der Waals surface area contributed by atoms with Crippen LogP contribution in [0.4, 0.5) is 0 Å². The van der Waals surface area contributed by atoms with Crippen LogP contribution in [0.15, 0.2) is 128 Å². The van der Waals surface area contributed by atoms with E-state index in [9.17, 15) is 5.11 Å². The summed E-state index contributed by atoms with van der Waals surface area (Å²) in [5, 5.41) is 12.6. The maximum absolute atomic E-state index is 12.6. The van der Waals surface area contributed by atoms with Crippen LogP contribution in [0.3, 0.4) is 0 Å². The van der Waals surface area contributed by atoms with Gasteiger partial charge in [-0.25, -0.2) is 4.98 Å². The van der Waals surface area contributed by atoms with Gasteiger partial charge in [0.2, 0.25) is 0 Å². The van der Waals surface area contributed by atoms with E-state index in [-0.39, 0.29) is 53.9 Å². The summed E-state index contributed by atoms with van der Waals surface area (Å²) in [6.45, 7) is 35.7. The number of aromatic nitrogens is 3. The number of imidazole rings is 1. The van der Waals surface area contributed by atoms with Gasteiger partial charge in [-0.05, 0) is 97.7 Å². The Balaban J connectivity index is 0.00000684. The topological polar surface area (TPSA) is 50.9 Å². The number of benzene rings is 6. The van der Waals surface area contributed by atoms with Gasteiger partial charge in [-0.1, -0.05) is 199 Å². The molecule has 4 nitrogen and oxygen atoms in total. The van der Waals surface area contributed by atoms with Crippen LogP contribution in [0.5, 0.6) is 5.75 Å². The molecule has 0 saturated heterocycles. The molecule has 0 radical (unpaired) electrons. The number of phenolic OH excluding ortho intramolecular Hbond substituents is 1. The number of fused-ring (bicyclic) bond motifs is 1. The van der Waals surface area contributed by atoms with Crippen molar-refractivity contribution in [2.24, 2.45) is 0 Å². The van der Waals surface area contributed by atoms with E-state index in [0.29, 0.717) is 11.4 Å². The first-order chi connectivity index (χ1) is 31.2. The molecule has 6 aromatic carbocycles. The Morgan fingerprint density at radius 3 is 1.65 bits per heavy atom. The van der Waals surface area contributed by atoms with Crippen molar-refractivity contribution in [1.29, 1.82) is 0 Å². The van der Waals surface area contributed by atoms with E-state index in [2.05, 4.69) is 243 Å². The number of hydrogen-bond donors (Lipinski definition) is 1. The summed E-state index contributed by atoms with van der Waals surface area (Å²) < 4.78 is 2.30. The van der Waals surface area contributed by atoms with Crippen LogP contribution < -0.4 is 0 Å². The minimum absolute atomic E-state index is 0. The molecule has 1 N–H and O–H groups in total. The van der Waals surface area contributed by atoms with Crippen LogP contribution in [0.1, 0.15) is 137 Å². The number of pyridine rings is 1. The van der Waals surface area contributed by atoms with Gasteiger partial charge >= 0.3 is 0 Å². The molecule has 2 heterocycles. The summed E-state index contributed by atoms with van der Waals surface area (Å²) in [6.07, 6.45) is 1.90. The van der Waals surface area contributed by atoms with E-state index in [0.717, 1.165) is 72.5 Å². The van der Waals surface area contributed by atoms with Crippen molar-refractivity contribution in [2.45, 2.75) is 138 Å². The first-order valence-corrected chi connectivity index (χ1v) is 24.0. The summed E-state index contributed by atoms with van der Waals surface area (Å²) in [6, 6.07) is 48.1. The predicted octanol–water partition coefficient (Wildman–Crippen LogP) is 17.1. The van der Waals surface area contributed by atoms with Crippen LogP contribution in [0.2, 0.25) is 0 Å². The molecule has 5 heteroatoms. The van der Waals surface area contributed by atoms with E-state index in [4.69, 9.17) is 9.97 Å². The van der Waals surface area contributed by atoms with E-state index in [1.807, 2.05) is 6.20 Å². The second-order valence-electron chi connectivity index (χ2n) is 23.9. The number of para-hydroxylation sites is 1. The van der Waals surface area contributed by atoms with Crippen LogP contribution in [-0.2, 0) is 48.1 Å². The molecule has 354 valence electrons. The maximum atomic E-state index is 12.6. The first-order valence-electron chi connectivity index (χ1n) is 24.0. The fourth-order valence-corrected chi connectivity index (χ4v) is 8.92. The Morgan fingerprint density at radius 2 is 1.04 bits per heavy atom. The molecule has 8 rings (SSSR count). The smallest absolute Gasteiger partial charge is 0.148 e. The van der Waals surface area contributed by atoms with Gasteiger partial charge in [0.05, 0.1) is 22.3 Å². The molecule has 0 spiro atoms. The van der Waals surface area contributed by atoms with Gasteiger partial charge in [0.15, 0.2) is 0 Å². The Hall–Kier alpha value is -5.57. The van der Waals surface area contributed by atoms with Crippen molar-refractivity contribution in [3.05, 3.63) is 167 Å². The summed E-state index contributed by atoms with van der Waals surface area (Å²) in [4.78, 5) is 10.7. The number of aryl methyl sites for hydroxylation is 1. The van der Waals surface area contributed by atoms with Crippen molar-refractivity contribution in [3.63, 3.8) is 0 Å². The number of nitrogens with zero attached hydrogens (tertiary/aromatic N) is 3. The second-order valence-corrected chi connectivity index (χ2v) is 23.9. The normalized spacial score (nSPS) is 12.6. The maximum Gasteiger partial charge on any atom is 0.148 e. The minimum Gasteiger partial charge on any atom is -0.507 e. The zero-order valence-electron chi connectivity index (χ0n) is 43.2. The quantitative estimate of drug-likeness (QED) is 0.169. The van der Waals surface area contributed by atoms with Crippen molar-refractivity contribution >= 4 is 11.0 Å². The summed E-state index contributed by atoms with van der Waals surface area (Å²) in [5.41, 5.74) is 17.9. The Morgan fingerprint density at radius 1 is 0.485 bits per heavy atom. The van der Waals surface area contributed by atoms with Gasteiger partial charge in [-0.2, -0.15) is 0 Å². The minimum atomic E-state index is -0.333. The molecule has 0 aliphatic carbocycles. The van der Waals surface area contributed by atoms with Crippen molar-refractivity contribution in [2.75, 3.05) is 0 Å². The van der Waals surface area contributed by atoms with Gasteiger partial charge in [-0.15, -0.1) is 29.3 Å². The molecule has 0 aliphatic heterocycles. The summed E-state index contributed by atoms with van der Waals surface area (Å²) in [5.74, 6) is 0.941. The van der Waals surface area contributed by atoms with Crippen LogP contribution in [0.25, 0.3) is 72.7 Å². The first kappa shape index (κ1) is 50.3. The molecule has 0 saturated carbocycles. The van der Waals surface area contributed by atoms with Crippen molar-refractivity contribution in [3.8, 4) is 67.5 Å². The van der Waals surface area contributed by atoms with Crippen molar-refractivity contribution in [1.82, 2.24) is 14.5 Å². The molecule has 0 amide bonds. The molecule has 0 atom stereocenters. The third-order valence-corrected chi connectivity index (χ3v) is 13.3. The third-order valence-electron chi connectivity index (χ3n) is 13.3. The average Bonchev–Trinajstić information content (AvgIpc) is 3.64. The van der Waals surface area contributed by atoms with Crippen molar-refractivity contribution < 1.29 is 26.2 Å². The van der Waals surface area contributed by atoms with Gasteiger partial charge in [0.1, 0.15) is 11.6 Å². The molecule has 0 aliphatic rings. The summed E-state index contributed by atoms with van der Waals surface area (Å²) in [7, 11) is 0. The van der Waals surface area contributed by atoms with Gasteiger partial charge in [-0.3, -0.25) is 9.55 Å². The number of hydrogen-bond acceptors (Lipinski definition) is 3. The van der Waals surface area contributed by atoms with Gasteiger partial charge in [0.25, 0.3) is 0 Å². The fourth-order valence-electron chi connectivity index (χ4n) is 8.92. The molecule has 0 fully saturated rings. The SMILES string of the molecule is Cc1ccc(-c2ccnc(-c3[c-]c(-c4cccc5c4nc(-c4cc(C(C)(C)C)cc(C(C)(C)C)c4O)n5-c4ccc(C(C)(C)C)cc4-c4ccc(C(C)(C)C)cc4)cc(C(C)(C)C)c3)c2)cc1.[Pt]. The molecule has 2 aromatic heterocycles. The molecule has 0 unspecified atom stereocenters. The molecule has 68 heavy (non-hydrogen) atoms. The fraction of sp³-hybridized carbons (Fsp3) is 0.333. The van der Waals surface area contributed by atoms with E-state index in [1.165, 1.54) is 22.3 Å². The Kier molecular flexibility index (Phi) is 13.4. The van der Waals surface area contributed by atoms with Gasteiger partial charge in [0, 0.05) is 44.1 Å². The molecular weight excluding hydrogens is 1010 g/mol. The standard InChI is InChI=1S/C63H70N3O.Pt/c1-39-20-22-40(23-21-39)42-30-31-64-53(35-42)44-32-43(33-47(34-44)61(8,9)10)49-18-17-19-55-56(49)65-58(51-37-48(62(11,12)13)38-52(57(51)67)63(14,15)16)66(55)54-29-28-46(60(5,6)7)36-50(54)41-24-26-45(27-25-41)59(2,3)4;/h17-31,33-38,67H,1-16H3;/q-1;. The number of aromatic hydroxyl groups is 1. The zero-order valence-corrected chi connectivity index (χ0v) is 45.5. The third kappa shape index (κ3) is 10.1. The Labute approximate surface area is 421 Å². The molecular formula is C63H70N3OPt-. The largest absolute Gasteiger partial charge is 0.507 e. The number of phenols is 1. The molecule has 0 bridgehead atoms. The molecule has 8 aromatic rings.